The van der Waals surface area contributed by atoms with Gasteiger partial charge in [0, 0.05) is 50.4 Å². The van der Waals surface area contributed by atoms with Crippen LogP contribution in [0.15, 0.2) is 43.0 Å². The lowest BCUT2D eigenvalue weighted by Crippen LogP contribution is -2.39. The number of nitrogens with one attached hydrogen (secondary N) is 2. The molecular weight excluding hydrogens is 490 g/mol. The van der Waals surface area contributed by atoms with Gasteiger partial charge in [-0.25, -0.2) is 9.97 Å². The summed E-state index contributed by atoms with van der Waals surface area (Å²) in [6, 6.07) is 5.47. The molecule has 39 heavy (non-hydrogen) atoms. The molecule has 9 heteroatoms. The molecule has 1 atom stereocenters. The predicted molar refractivity (Wildman–Crippen MR) is 152 cm³/mol. The van der Waals surface area contributed by atoms with Gasteiger partial charge in [0.15, 0.2) is 5.78 Å². The minimum Gasteiger partial charge on any atom is -0.348 e. The minimum absolute atomic E-state index is 0.0960. The largest absolute Gasteiger partial charge is 0.348 e. The van der Waals surface area contributed by atoms with Gasteiger partial charge >= 0.3 is 0 Å². The Morgan fingerprint density at radius 3 is 2.49 bits per heavy atom. The fourth-order valence-electron chi connectivity index (χ4n) is 5.40. The van der Waals surface area contributed by atoms with Gasteiger partial charge in [0.05, 0.1) is 19.1 Å². The van der Waals surface area contributed by atoms with Crippen LogP contribution in [0.3, 0.4) is 0 Å². The molecular formula is C30H43N7O2. The first-order chi connectivity index (χ1) is 19.0. The summed E-state index contributed by atoms with van der Waals surface area (Å²) < 4.78 is 2.01. The first kappa shape index (κ1) is 28.7. The Kier molecular flexibility index (Phi) is 10.4. The van der Waals surface area contributed by atoms with Crippen molar-refractivity contribution in [2.45, 2.75) is 78.0 Å². The van der Waals surface area contributed by atoms with Crippen molar-refractivity contribution in [2.24, 2.45) is 7.05 Å². The molecule has 3 heterocycles. The van der Waals surface area contributed by atoms with Crippen LogP contribution in [0.25, 0.3) is 0 Å². The van der Waals surface area contributed by atoms with E-state index in [9.17, 15) is 9.59 Å². The van der Waals surface area contributed by atoms with Crippen LogP contribution in [0.5, 0.6) is 0 Å². The topological polar surface area (TPSA) is 99.2 Å². The van der Waals surface area contributed by atoms with Gasteiger partial charge in [0.1, 0.15) is 11.6 Å². The summed E-state index contributed by atoms with van der Waals surface area (Å²) in [5, 5.41) is 3.01. The Morgan fingerprint density at radius 1 is 0.974 bits per heavy atom. The number of fused-ring (bicyclic) bond motifs is 1. The van der Waals surface area contributed by atoms with Gasteiger partial charge in [-0.05, 0) is 68.9 Å². The molecule has 0 bridgehead atoms. The number of nitrogens with zero attached hydrogens (tertiary/aromatic N) is 5. The summed E-state index contributed by atoms with van der Waals surface area (Å²) in [6.45, 7) is 9.63. The quantitative estimate of drug-likeness (QED) is 0.288. The van der Waals surface area contributed by atoms with Gasteiger partial charge in [0.2, 0.25) is 0 Å². The highest BCUT2D eigenvalue weighted by Crippen LogP contribution is 2.21. The maximum Gasteiger partial charge on any atom is 0.252 e. The van der Waals surface area contributed by atoms with Gasteiger partial charge < -0.3 is 19.8 Å². The van der Waals surface area contributed by atoms with Gasteiger partial charge in [-0.2, -0.15) is 0 Å². The fourth-order valence-corrected chi connectivity index (χ4v) is 5.40. The zero-order valence-electron chi connectivity index (χ0n) is 23.7. The van der Waals surface area contributed by atoms with Crippen LogP contribution in [-0.2, 0) is 37.9 Å². The summed E-state index contributed by atoms with van der Waals surface area (Å²) in [5.74, 6) is 1.79. The number of rotatable bonds is 15. The summed E-state index contributed by atoms with van der Waals surface area (Å²) in [5.41, 5.74) is 2.47. The number of ketones is 1. The van der Waals surface area contributed by atoms with E-state index in [0.717, 1.165) is 68.1 Å². The van der Waals surface area contributed by atoms with Crippen LogP contribution in [0.2, 0.25) is 0 Å². The van der Waals surface area contributed by atoms with Crippen molar-refractivity contribution < 1.29 is 9.59 Å². The maximum absolute atomic E-state index is 13.2. The third kappa shape index (κ3) is 8.10. The van der Waals surface area contributed by atoms with E-state index < -0.39 is 6.04 Å². The molecule has 1 aliphatic heterocycles. The zero-order chi connectivity index (χ0) is 27.6. The Hall–Kier alpha value is -3.30. The Balaban J connectivity index is 1.39. The molecule has 3 aromatic rings. The van der Waals surface area contributed by atoms with E-state index in [1.807, 2.05) is 42.2 Å². The highest BCUT2D eigenvalue weighted by molar-refractivity contribution is 6.03. The Morgan fingerprint density at radius 2 is 1.79 bits per heavy atom. The van der Waals surface area contributed by atoms with Crippen LogP contribution in [0.1, 0.15) is 79.1 Å². The van der Waals surface area contributed by atoms with Crippen LogP contribution in [0, 0.1) is 0 Å². The molecule has 0 saturated carbocycles. The number of amides is 1. The molecule has 0 fully saturated rings. The van der Waals surface area contributed by atoms with Crippen molar-refractivity contribution in [3.8, 4) is 0 Å². The van der Waals surface area contributed by atoms with Crippen LogP contribution < -0.4 is 5.32 Å². The first-order valence-electron chi connectivity index (χ1n) is 14.3. The zero-order valence-corrected chi connectivity index (χ0v) is 23.7. The second-order valence-electron chi connectivity index (χ2n) is 10.6. The molecule has 9 nitrogen and oxygen atoms in total. The van der Waals surface area contributed by atoms with Crippen molar-refractivity contribution in [2.75, 3.05) is 19.6 Å². The molecule has 4 rings (SSSR count). The van der Waals surface area contributed by atoms with Gasteiger partial charge in [-0.15, -0.1) is 0 Å². The number of carbonyl (C=O) groups is 2. The monoisotopic (exact) mass is 533 g/mol. The highest BCUT2D eigenvalue weighted by Gasteiger charge is 2.28. The number of H-pyrrole nitrogens is 1. The second kappa shape index (κ2) is 14.2. The minimum atomic E-state index is -0.419. The number of aromatic nitrogens is 4. The molecule has 1 amide bonds. The summed E-state index contributed by atoms with van der Waals surface area (Å²) in [6.07, 6.45) is 12.6. The summed E-state index contributed by atoms with van der Waals surface area (Å²) in [4.78, 5) is 43.1. The lowest BCUT2D eigenvalue weighted by atomic mass is 9.97. The molecule has 1 aliphatic rings. The molecule has 0 saturated heterocycles. The Labute approximate surface area is 232 Å². The first-order valence-corrected chi connectivity index (χ1v) is 14.3. The smallest absolute Gasteiger partial charge is 0.252 e. The molecule has 1 aromatic carbocycles. The van der Waals surface area contributed by atoms with Crippen LogP contribution in [0.4, 0.5) is 0 Å². The van der Waals surface area contributed by atoms with E-state index in [-0.39, 0.29) is 18.1 Å². The number of hydrogen-bond acceptors (Lipinski definition) is 6. The lowest BCUT2D eigenvalue weighted by Gasteiger charge is -2.21. The lowest BCUT2D eigenvalue weighted by molar-refractivity contribution is -0.120. The van der Waals surface area contributed by atoms with Crippen molar-refractivity contribution in [3.63, 3.8) is 0 Å². The Bertz CT molecular complexity index is 1200. The van der Waals surface area contributed by atoms with E-state index >= 15 is 0 Å². The SMILES string of the molecule is CCCN(CCC)CCCCC1NC(=O)c2ccc(CN(Cc3ncc[nH]3)Cc3nccn3C)cc2CC1=O. The number of imidazole rings is 2. The van der Waals surface area contributed by atoms with Crippen LogP contribution in [-0.4, -0.2) is 66.7 Å². The van der Waals surface area contributed by atoms with E-state index in [1.54, 1.807) is 12.4 Å². The standard InChI is InChI=1S/C30H43N7O2/c1-4-14-36(15-5-2)16-7-6-8-26-27(38)19-24-18-23(9-10-25(24)30(39)34-26)20-37(21-28-31-11-12-32-28)22-29-33-13-17-35(29)3/h9-13,17-18,26H,4-8,14-16,19-22H2,1-3H3,(H,31,32)(H,34,39). The van der Waals surface area contributed by atoms with Crippen molar-refractivity contribution >= 4 is 11.7 Å². The molecule has 0 aliphatic carbocycles. The maximum atomic E-state index is 13.2. The van der Waals surface area contributed by atoms with E-state index in [1.165, 1.54) is 0 Å². The molecule has 2 aromatic heterocycles. The van der Waals surface area contributed by atoms with Crippen molar-refractivity contribution in [1.82, 2.24) is 34.6 Å². The number of unbranched alkanes of at least 4 members (excludes halogenated alkanes) is 1. The number of aromatic amines is 1. The van der Waals surface area contributed by atoms with Crippen molar-refractivity contribution in [3.05, 3.63) is 71.3 Å². The highest BCUT2D eigenvalue weighted by atomic mass is 16.2. The molecule has 210 valence electrons. The number of carbonyl (C=O) groups excluding carboxylic acids is 2. The molecule has 2 N–H and O–H groups in total. The number of Topliss-reactive ketones (excluding diaryl/α,β-unsaturated/α-hetero) is 1. The third-order valence-electron chi connectivity index (χ3n) is 7.39. The average molecular weight is 534 g/mol. The summed E-state index contributed by atoms with van der Waals surface area (Å²) >= 11 is 0. The van der Waals surface area contributed by atoms with E-state index in [0.29, 0.717) is 31.6 Å². The number of benzene rings is 1. The van der Waals surface area contributed by atoms with Crippen molar-refractivity contribution in [1.29, 1.82) is 0 Å². The molecule has 0 spiro atoms. The number of hydrogen-bond donors (Lipinski definition) is 2. The van der Waals surface area contributed by atoms with Gasteiger partial charge in [-0.3, -0.25) is 14.5 Å². The van der Waals surface area contributed by atoms with Gasteiger partial charge in [-0.1, -0.05) is 26.0 Å². The van der Waals surface area contributed by atoms with Crippen LogP contribution >= 0.6 is 0 Å². The molecule has 1 unspecified atom stereocenters. The number of aryl methyl sites for hydroxylation is 1. The average Bonchev–Trinajstić information content (AvgIpc) is 3.55. The van der Waals surface area contributed by atoms with Gasteiger partial charge in [0.25, 0.3) is 5.91 Å². The fraction of sp³-hybridized carbons (Fsp3) is 0.533. The van der Waals surface area contributed by atoms with E-state index in [2.05, 4.69) is 43.9 Å². The normalized spacial score (nSPS) is 15.6. The third-order valence-corrected chi connectivity index (χ3v) is 7.39. The molecule has 0 radical (unpaired) electrons. The van der Waals surface area contributed by atoms with E-state index in [4.69, 9.17) is 0 Å². The summed E-state index contributed by atoms with van der Waals surface area (Å²) in [7, 11) is 1.99. The predicted octanol–water partition coefficient (Wildman–Crippen LogP) is 3.86. The second-order valence-corrected chi connectivity index (χ2v) is 10.6.